The maximum atomic E-state index is 12.5. The molecular formula is C23H22N4OS2. The smallest absolute Gasteiger partial charge is 0.236 e. The fraction of sp³-hybridized carbons (Fsp3) is 0.261. The van der Waals surface area contributed by atoms with Gasteiger partial charge in [-0.3, -0.25) is 4.79 Å². The Morgan fingerprint density at radius 1 is 1.10 bits per heavy atom. The van der Waals surface area contributed by atoms with E-state index in [1.54, 1.807) is 27.6 Å². The third-order valence-corrected chi connectivity index (χ3v) is 7.44. The van der Waals surface area contributed by atoms with Crippen molar-refractivity contribution in [3.63, 3.8) is 0 Å². The molecule has 152 valence electrons. The second kappa shape index (κ2) is 6.89. The van der Waals surface area contributed by atoms with Gasteiger partial charge in [0, 0.05) is 23.7 Å². The number of aromatic nitrogens is 2. The topological polar surface area (TPSA) is 58.1 Å². The Balaban J connectivity index is 1.43. The molecule has 0 fully saturated rings. The number of benzene rings is 2. The second-order valence-electron chi connectivity index (χ2n) is 8.06. The molecule has 5 rings (SSSR count). The van der Waals surface area contributed by atoms with Crippen molar-refractivity contribution in [3.8, 4) is 11.3 Å². The number of rotatable bonds is 4. The molecule has 0 atom stereocenters. The third kappa shape index (κ3) is 3.00. The van der Waals surface area contributed by atoms with E-state index in [2.05, 4.69) is 41.5 Å². The number of carbonyl (C=O) groups is 1. The fourth-order valence-corrected chi connectivity index (χ4v) is 5.64. The molecule has 0 radical (unpaired) electrons. The van der Waals surface area contributed by atoms with Crippen molar-refractivity contribution in [2.75, 3.05) is 17.3 Å². The van der Waals surface area contributed by atoms with Gasteiger partial charge in [-0.05, 0) is 55.7 Å². The van der Waals surface area contributed by atoms with Crippen molar-refractivity contribution in [1.29, 1.82) is 0 Å². The number of fused-ring (bicyclic) bond motifs is 2. The van der Waals surface area contributed by atoms with Crippen LogP contribution in [0.5, 0.6) is 0 Å². The second-order valence-corrected chi connectivity index (χ2v) is 9.95. The molecule has 0 saturated carbocycles. The summed E-state index contributed by atoms with van der Waals surface area (Å²) in [5, 5.41) is 7.06. The van der Waals surface area contributed by atoms with Gasteiger partial charge in [0.1, 0.15) is 0 Å². The van der Waals surface area contributed by atoms with Gasteiger partial charge in [-0.1, -0.05) is 30.4 Å². The van der Waals surface area contributed by atoms with Crippen LogP contribution in [0.4, 0.5) is 16.0 Å². The molecule has 0 aliphatic carbocycles. The van der Waals surface area contributed by atoms with Crippen molar-refractivity contribution in [3.05, 3.63) is 52.9 Å². The first kappa shape index (κ1) is 19.2. The van der Waals surface area contributed by atoms with Gasteiger partial charge in [-0.15, -0.1) is 11.3 Å². The molecule has 0 spiro atoms. The number of aryl methyl sites for hydroxylation is 1. The summed E-state index contributed by atoms with van der Waals surface area (Å²) >= 11 is 3.20. The van der Waals surface area contributed by atoms with Crippen LogP contribution in [0.3, 0.4) is 0 Å². The average Bonchev–Trinajstić information content (AvgIpc) is 3.41. The Hall–Kier alpha value is -2.77. The maximum Gasteiger partial charge on any atom is 0.236 e. The molecule has 0 saturated heterocycles. The van der Waals surface area contributed by atoms with Crippen LogP contribution in [0, 0.1) is 0 Å². The van der Waals surface area contributed by atoms with Crippen LogP contribution in [0.15, 0.2) is 41.8 Å². The molecular weight excluding hydrogens is 412 g/mol. The minimum absolute atomic E-state index is 0.123. The summed E-state index contributed by atoms with van der Waals surface area (Å²) in [7, 11) is 1.84. The number of hydrogen-bond donors (Lipinski definition) is 1. The Bertz CT molecular complexity index is 1290. The molecule has 0 unspecified atom stereocenters. The monoisotopic (exact) mass is 434 g/mol. The number of carbonyl (C=O) groups excluding carboxylic acids is 1. The maximum absolute atomic E-state index is 12.5. The lowest BCUT2D eigenvalue weighted by Gasteiger charge is -2.16. The van der Waals surface area contributed by atoms with Crippen molar-refractivity contribution in [2.45, 2.75) is 32.6 Å². The highest BCUT2D eigenvalue weighted by atomic mass is 32.1. The minimum Gasteiger partial charge on any atom is -0.314 e. The third-order valence-electron chi connectivity index (χ3n) is 5.75. The summed E-state index contributed by atoms with van der Waals surface area (Å²) in [5.41, 5.74) is 5.75. The SMILES string of the molecule is CCc1ccc2nc(Nc3nc(-c4ccc5c(c4)C(C)(C)C(=O)N5C)cs3)sc2c1. The highest BCUT2D eigenvalue weighted by Crippen LogP contribution is 2.43. The van der Waals surface area contributed by atoms with Crippen LogP contribution in [0.2, 0.25) is 0 Å². The molecule has 1 N–H and O–H groups in total. The van der Waals surface area contributed by atoms with Crippen molar-refractivity contribution in [2.24, 2.45) is 0 Å². The number of likely N-dealkylation sites (N-methyl/N-ethyl adjacent to an activating group) is 1. The van der Waals surface area contributed by atoms with E-state index in [0.717, 1.165) is 44.7 Å². The largest absolute Gasteiger partial charge is 0.314 e. The van der Waals surface area contributed by atoms with E-state index in [-0.39, 0.29) is 5.91 Å². The van der Waals surface area contributed by atoms with Gasteiger partial charge in [0.2, 0.25) is 5.91 Å². The van der Waals surface area contributed by atoms with Gasteiger partial charge in [0.05, 0.1) is 21.3 Å². The number of nitrogens with zero attached hydrogens (tertiary/aromatic N) is 3. The summed E-state index contributed by atoms with van der Waals surface area (Å²) in [6, 6.07) is 12.6. The molecule has 2 aromatic carbocycles. The molecule has 2 aromatic heterocycles. The number of anilines is 3. The van der Waals surface area contributed by atoms with Crippen molar-refractivity contribution in [1.82, 2.24) is 9.97 Å². The molecule has 3 heterocycles. The van der Waals surface area contributed by atoms with E-state index < -0.39 is 5.41 Å². The van der Waals surface area contributed by atoms with Gasteiger partial charge in [0.15, 0.2) is 10.3 Å². The lowest BCUT2D eigenvalue weighted by atomic mass is 9.85. The Morgan fingerprint density at radius 2 is 1.93 bits per heavy atom. The zero-order valence-electron chi connectivity index (χ0n) is 17.3. The van der Waals surface area contributed by atoms with Crippen molar-refractivity contribution >= 4 is 54.7 Å². The zero-order chi connectivity index (χ0) is 21.0. The molecule has 1 aliphatic heterocycles. The van der Waals surface area contributed by atoms with Gasteiger partial charge in [-0.25, -0.2) is 9.97 Å². The minimum atomic E-state index is -0.518. The van der Waals surface area contributed by atoms with Crippen LogP contribution in [-0.4, -0.2) is 22.9 Å². The molecule has 1 amide bonds. The molecule has 7 heteroatoms. The first-order chi connectivity index (χ1) is 14.4. The highest BCUT2D eigenvalue weighted by molar-refractivity contribution is 7.22. The summed E-state index contributed by atoms with van der Waals surface area (Å²) in [6.07, 6.45) is 1.02. The number of thiazole rings is 2. The lowest BCUT2D eigenvalue weighted by molar-refractivity contribution is -0.121. The van der Waals surface area contributed by atoms with Crippen LogP contribution < -0.4 is 10.2 Å². The standard InChI is InChI=1S/C23H22N4OS2/c1-5-13-6-8-16-19(10-13)30-22(24-16)26-21-25-17(12-29-21)14-7-9-18-15(11-14)23(2,3)20(28)27(18)4/h6-12H,5H2,1-4H3,(H,24,25,26). The first-order valence-electron chi connectivity index (χ1n) is 9.92. The van der Waals surface area contributed by atoms with Gasteiger partial charge >= 0.3 is 0 Å². The summed E-state index contributed by atoms with van der Waals surface area (Å²) in [5.74, 6) is 0.123. The Morgan fingerprint density at radius 3 is 2.73 bits per heavy atom. The summed E-state index contributed by atoms with van der Waals surface area (Å²) < 4.78 is 1.18. The quantitative estimate of drug-likeness (QED) is 0.429. The van der Waals surface area contributed by atoms with Crippen LogP contribution in [-0.2, 0) is 16.6 Å². The van der Waals surface area contributed by atoms with E-state index >= 15 is 0 Å². The predicted molar refractivity (Wildman–Crippen MR) is 126 cm³/mol. The van der Waals surface area contributed by atoms with Gasteiger partial charge < -0.3 is 10.2 Å². The van der Waals surface area contributed by atoms with Gasteiger partial charge in [0.25, 0.3) is 0 Å². The number of amides is 1. The average molecular weight is 435 g/mol. The normalized spacial score (nSPS) is 15.1. The van der Waals surface area contributed by atoms with Crippen LogP contribution in [0.1, 0.15) is 31.9 Å². The zero-order valence-corrected chi connectivity index (χ0v) is 18.9. The van der Waals surface area contributed by atoms with Crippen LogP contribution >= 0.6 is 22.7 Å². The predicted octanol–water partition coefficient (Wildman–Crippen LogP) is 5.98. The number of nitrogens with one attached hydrogen (secondary N) is 1. The lowest BCUT2D eigenvalue weighted by Crippen LogP contribution is -2.33. The molecule has 4 aromatic rings. The number of hydrogen-bond acceptors (Lipinski definition) is 6. The Labute approximate surface area is 183 Å². The van der Waals surface area contributed by atoms with Gasteiger partial charge in [-0.2, -0.15) is 0 Å². The Kier molecular flexibility index (Phi) is 4.41. The van der Waals surface area contributed by atoms with E-state index in [1.165, 1.54) is 10.3 Å². The van der Waals surface area contributed by atoms with Crippen molar-refractivity contribution < 1.29 is 4.79 Å². The van der Waals surface area contributed by atoms with Crippen LogP contribution in [0.25, 0.3) is 21.5 Å². The van der Waals surface area contributed by atoms with E-state index in [9.17, 15) is 4.79 Å². The van der Waals surface area contributed by atoms with E-state index in [4.69, 9.17) is 4.98 Å². The summed E-state index contributed by atoms with van der Waals surface area (Å²) in [4.78, 5) is 23.7. The highest BCUT2D eigenvalue weighted by Gasteiger charge is 2.42. The first-order valence-corrected chi connectivity index (χ1v) is 11.6. The molecule has 5 nitrogen and oxygen atoms in total. The van der Waals surface area contributed by atoms with E-state index in [1.807, 2.05) is 38.4 Å². The molecule has 0 bridgehead atoms. The molecule has 30 heavy (non-hydrogen) atoms. The molecule has 1 aliphatic rings. The summed E-state index contributed by atoms with van der Waals surface area (Å²) in [6.45, 7) is 6.12. The van der Waals surface area contributed by atoms with E-state index in [0.29, 0.717) is 0 Å². The fourth-order valence-electron chi connectivity index (χ4n) is 3.93.